The van der Waals surface area contributed by atoms with Crippen LogP contribution in [-0.4, -0.2) is 16.7 Å². The normalized spacial score (nSPS) is 11.0. The topological polar surface area (TPSA) is 51.0 Å². The largest absolute Gasteiger partial charge is 0.355 e. The molecular weight excluding hydrogens is 234 g/mol. The number of thiazole rings is 1. The third-order valence-electron chi connectivity index (χ3n) is 2.42. The summed E-state index contributed by atoms with van der Waals surface area (Å²) >= 11 is 1.64. The standard InChI is InChI=1S/C12H17N3OS/c1-4-5-13-7-10-6-11(16-15-10)12-8(2)14-9(3)17-12/h6,13H,4-5,7H2,1-3H3. The second-order valence-electron chi connectivity index (χ2n) is 4.01. The Labute approximate surface area is 105 Å². The Morgan fingerprint density at radius 2 is 2.24 bits per heavy atom. The SMILES string of the molecule is CCCNCc1cc(-c2sc(C)nc2C)on1. The van der Waals surface area contributed by atoms with Gasteiger partial charge in [0.15, 0.2) is 5.76 Å². The van der Waals surface area contributed by atoms with Crippen LogP contribution in [0.2, 0.25) is 0 Å². The van der Waals surface area contributed by atoms with Crippen molar-refractivity contribution in [2.24, 2.45) is 0 Å². The first-order chi connectivity index (χ1) is 8.20. The van der Waals surface area contributed by atoms with E-state index in [0.717, 1.165) is 46.5 Å². The molecule has 4 nitrogen and oxygen atoms in total. The number of hydrogen-bond acceptors (Lipinski definition) is 5. The number of nitrogens with zero attached hydrogens (tertiary/aromatic N) is 2. The van der Waals surface area contributed by atoms with E-state index < -0.39 is 0 Å². The number of aromatic nitrogens is 2. The molecule has 0 aliphatic heterocycles. The average Bonchev–Trinajstić information content (AvgIpc) is 2.86. The van der Waals surface area contributed by atoms with Gasteiger partial charge in [0.25, 0.3) is 0 Å². The van der Waals surface area contributed by atoms with E-state index in [4.69, 9.17) is 4.52 Å². The molecule has 2 rings (SSSR count). The van der Waals surface area contributed by atoms with Crippen molar-refractivity contribution < 1.29 is 4.52 Å². The zero-order valence-corrected chi connectivity index (χ0v) is 11.2. The minimum atomic E-state index is 0.758. The van der Waals surface area contributed by atoms with Gasteiger partial charge >= 0.3 is 0 Å². The molecule has 92 valence electrons. The fraction of sp³-hybridized carbons (Fsp3) is 0.500. The Hall–Kier alpha value is -1.20. The van der Waals surface area contributed by atoms with Crippen LogP contribution in [0.25, 0.3) is 10.6 Å². The summed E-state index contributed by atoms with van der Waals surface area (Å²) in [6.45, 7) is 7.90. The Kier molecular flexibility index (Phi) is 3.91. The van der Waals surface area contributed by atoms with Crippen LogP contribution in [0.15, 0.2) is 10.6 Å². The smallest absolute Gasteiger partial charge is 0.179 e. The first kappa shape index (κ1) is 12.3. The predicted molar refractivity (Wildman–Crippen MR) is 69.1 cm³/mol. The fourth-order valence-electron chi connectivity index (χ4n) is 1.66. The van der Waals surface area contributed by atoms with Crippen molar-refractivity contribution in [3.05, 3.63) is 22.5 Å². The maximum atomic E-state index is 5.36. The molecule has 0 aliphatic carbocycles. The van der Waals surface area contributed by atoms with Crippen LogP contribution < -0.4 is 5.32 Å². The third kappa shape index (κ3) is 2.92. The molecule has 0 atom stereocenters. The lowest BCUT2D eigenvalue weighted by Gasteiger charge is -1.96. The van der Waals surface area contributed by atoms with Gasteiger partial charge in [0.05, 0.1) is 21.3 Å². The van der Waals surface area contributed by atoms with Gasteiger partial charge in [0.2, 0.25) is 0 Å². The summed E-state index contributed by atoms with van der Waals surface area (Å²) in [6.07, 6.45) is 1.12. The first-order valence-corrected chi connectivity index (χ1v) is 6.63. The molecule has 0 amide bonds. The van der Waals surface area contributed by atoms with E-state index in [0.29, 0.717) is 0 Å². The van der Waals surface area contributed by atoms with E-state index in [1.165, 1.54) is 0 Å². The summed E-state index contributed by atoms with van der Waals surface area (Å²) in [4.78, 5) is 5.47. The summed E-state index contributed by atoms with van der Waals surface area (Å²) in [5, 5.41) is 8.41. The van der Waals surface area contributed by atoms with Gasteiger partial charge in [-0.3, -0.25) is 0 Å². The molecule has 2 aromatic heterocycles. The van der Waals surface area contributed by atoms with Gasteiger partial charge in [-0.15, -0.1) is 11.3 Å². The average molecular weight is 251 g/mol. The van der Waals surface area contributed by atoms with Crippen molar-refractivity contribution in [2.45, 2.75) is 33.7 Å². The van der Waals surface area contributed by atoms with E-state index in [2.05, 4.69) is 22.4 Å². The summed E-state index contributed by atoms with van der Waals surface area (Å²) in [5.41, 5.74) is 1.95. The molecule has 0 saturated heterocycles. The minimum absolute atomic E-state index is 0.758. The van der Waals surface area contributed by atoms with Crippen molar-refractivity contribution in [1.82, 2.24) is 15.5 Å². The second-order valence-corrected chi connectivity index (χ2v) is 5.21. The summed E-state index contributed by atoms with van der Waals surface area (Å²) < 4.78 is 5.36. The molecule has 0 radical (unpaired) electrons. The van der Waals surface area contributed by atoms with E-state index in [1.807, 2.05) is 19.9 Å². The monoisotopic (exact) mass is 251 g/mol. The fourth-order valence-corrected chi connectivity index (χ4v) is 2.52. The predicted octanol–water partition coefficient (Wildman–Crippen LogP) is 2.91. The summed E-state index contributed by atoms with van der Waals surface area (Å²) in [6, 6.07) is 1.99. The Morgan fingerprint density at radius 3 is 2.88 bits per heavy atom. The highest BCUT2D eigenvalue weighted by molar-refractivity contribution is 7.15. The minimum Gasteiger partial charge on any atom is -0.355 e. The van der Waals surface area contributed by atoms with E-state index in [-0.39, 0.29) is 0 Å². The van der Waals surface area contributed by atoms with Gasteiger partial charge in [-0.1, -0.05) is 12.1 Å². The van der Waals surface area contributed by atoms with Crippen LogP contribution in [0.4, 0.5) is 0 Å². The van der Waals surface area contributed by atoms with Crippen LogP contribution in [0.3, 0.4) is 0 Å². The Morgan fingerprint density at radius 1 is 1.41 bits per heavy atom. The Balaban J connectivity index is 2.10. The third-order valence-corrected chi connectivity index (χ3v) is 3.51. The highest BCUT2D eigenvalue weighted by Gasteiger charge is 2.12. The van der Waals surface area contributed by atoms with Gasteiger partial charge in [-0.05, 0) is 26.8 Å². The number of rotatable bonds is 5. The zero-order valence-electron chi connectivity index (χ0n) is 10.4. The quantitative estimate of drug-likeness (QED) is 0.830. The van der Waals surface area contributed by atoms with Crippen molar-refractivity contribution in [3.8, 4) is 10.6 Å². The molecule has 1 N–H and O–H groups in total. The summed E-state index contributed by atoms with van der Waals surface area (Å²) in [5.74, 6) is 0.821. The lowest BCUT2D eigenvalue weighted by Crippen LogP contribution is -2.13. The number of aryl methyl sites for hydroxylation is 2. The number of hydrogen-bond donors (Lipinski definition) is 1. The van der Waals surface area contributed by atoms with Gasteiger partial charge in [0, 0.05) is 12.6 Å². The van der Waals surface area contributed by atoms with E-state index in [9.17, 15) is 0 Å². The molecule has 0 aliphatic rings. The molecule has 0 spiro atoms. The zero-order chi connectivity index (χ0) is 12.3. The van der Waals surface area contributed by atoms with Gasteiger partial charge in [-0.2, -0.15) is 0 Å². The second kappa shape index (κ2) is 5.42. The van der Waals surface area contributed by atoms with Gasteiger partial charge in [0.1, 0.15) is 0 Å². The molecule has 2 aromatic rings. The molecule has 2 heterocycles. The van der Waals surface area contributed by atoms with Crippen molar-refractivity contribution in [3.63, 3.8) is 0 Å². The maximum absolute atomic E-state index is 5.36. The highest BCUT2D eigenvalue weighted by Crippen LogP contribution is 2.29. The van der Waals surface area contributed by atoms with E-state index >= 15 is 0 Å². The van der Waals surface area contributed by atoms with Crippen LogP contribution in [0, 0.1) is 13.8 Å². The molecular formula is C12H17N3OS. The van der Waals surface area contributed by atoms with Crippen LogP contribution in [0.5, 0.6) is 0 Å². The highest BCUT2D eigenvalue weighted by atomic mass is 32.1. The molecule has 0 aromatic carbocycles. The molecule has 0 bridgehead atoms. The molecule has 0 unspecified atom stereocenters. The van der Waals surface area contributed by atoms with Gasteiger partial charge in [-0.25, -0.2) is 4.98 Å². The van der Waals surface area contributed by atoms with Gasteiger partial charge < -0.3 is 9.84 Å². The molecule has 0 saturated carbocycles. The van der Waals surface area contributed by atoms with Crippen molar-refractivity contribution >= 4 is 11.3 Å². The number of nitrogens with one attached hydrogen (secondary N) is 1. The van der Waals surface area contributed by atoms with Crippen molar-refractivity contribution in [2.75, 3.05) is 6.54 Å². The summed E-state index contributed by atoms with van der Waals surface area (Å²) in [7, 11) is 0. The maximum Gasteiger partial charge on any atom is 0.179 e. The molecule has 5 heteroatoms. The lowest BCUT2D eigenvalue weighted by atomic mass is 10.3. The molecule has 17 heavy (non-hydrogen) atoms. The van der Waals surface area contributed by atoms with E-state index in [1.54, 1.807) is 11.3 Å². The van der Waals surface area contributed by atoms with Crippen LogP contribution >= 0.6 is 11.3 Å². The van der Waals surface area contributed by atoms with Crippen LogP contribution in [0.1, 0.15) is 29.7 Å². The van der Waals surface area contributed by atoms with Crippen molar-refractivity contribution in [1.29, 1.82) is 0 Å². The first-order valence-electron chi connectivity index (χ1n) is 5.81. The lowest BCUT2D eigenvalue weighted by molar-refractivity contribution is 0.420. The molecule has 0 fully saturated rings. The Bertz CT molecular complexity index is 490. The van der Waals surface area contributed by atoms with Crippen LogP contribution in [-0.2, 0) is 6.54 Å².